The summed E-state index contributed by atoms with van der Waals surface area (Å²) in [6, 6.07) is 0.644. The zero-order chi connectivity index (χ0) is 10.5. The quantitative estimate of drug-likeness (QED) is 0.821. The number of nitrogens with zero attached hydrogens (tertiary/aromatic N) is 2. The highest BCUT2D eigenvalue weighted by Crippen LogP contribution is 2.15. The van der Waals surface area contributed by atoms with Crippen LogP contribution in [0.3, 0.4) is 0 Å². The van der Waals surface area contributed by atoms with Crippen molar-refractivity contribution in [3.05, 3.63) is 0 Å². The maximum Gasteiger partial charge on any atom is 0.0594 e. The Hall–Kier alpha value is 0.420. The molecule has 0 aromatic carbocycles. The van der Waals surface area contributed by atoms with Crippen LogP contribution in [0.25, 0.3) is 0 Å². The molecule has 1 unspecified atom stereocenters. The van der Waals surface area contributed by atoms with Gasteiger partial charge in [-0.15, -0.1) is 24.8 Å². The Kier molecular flexibility index (Phi) is 9.59. The monoisotopic (exact) mass is 285 g/mol. The van der Waals surface area contributed by atoms with E-state index in [0.29, 0.717) is 6.04 Å². The van der Waals surface area contributed by atoms with Crippen LogP contribution in [0.1, 0.15) is 12.8 Å². The number of hydrogen-bond donors (Lipinski definition) is 1. The summed E-state index contributed by atoms with van der Waals surface area (Å²) in [6.45, 7) is 8.43. The second kappa shape index (κ2) is 9.36. The standard InChI is InChI=1S/C11H23N3O.2ClH/c12-10-11-2-1-3-14(11)5-4-13-6-8-15-9-7-13;;/h11H,1-10,12H2;2*1H. The Balaban J connectivity index is 0.00000128. The van der Waals surface area contributed by atoms with Crippen molar-refractivity contribution in [2.45, 2.75) is 18.9 Å². The minimum Gasteiger partial charge on any atom is -0.379 e. The van der Waals surface area contributed by atoms with Gasteiger partial charge in [0.2, 0.25) is 0 Å². The van der Waals surface area contributed by atoms with Gasteiger partial charge in [0.15, 0.2) is 0 Å². The molecule has 2 aliphatic rings. The number of rotatable bonds is 4. The Morgan fingerprint density at radius 2 is 1.76 bits per heavy atom. The first kappa shape index (κ1) is 17.4. The third kappa shape index (κ3) is 5.28. The van der Waals surface area contributed by atoms with Gasteiger partial charge in [-0.1, -0.05) is 0 Å². The number of halogens is 2. The molecule has 2 saturated heterocycles. The van der Waals surface area contributed by atoms with Gasteiger partial charge in [-0.2, -0.15) is 0 Å². The molecule has 6 heteroatoms. The van der Waals surface area contributed by atoms with Crippen LogP contribution in [-0.4, -0.2) is 68.3 Å². The molecule has 104 valence electrons. The first-order valence-corrected chi connectivity index (χ1v) is 6.14. The van der Waals surface area contributed by atoms with Crippen molar-refractivity contribution < 1.29 is 4.74 Å². The topological polar surface area (TPSA) is 41.7 Å². The number of likely N-dealkylation sites (tertiary alicyclic amines) is 1. The maximum atomic E-state index is 5.76. The van der Waals surface area contributed by atoms with Crippen LogP contribution >= 0.6 is 24.8 Å². The highest BCUT2D eigenvalue weighted by atomic mass is 35.5. The summed E-state index contributed by atoms with van der Waals surface area (Å²) in [6.07, 6.45) is 2.62. The average molecular weight is 286 g/mol. The van der Waals surface area contributed by atoms with Crippen LogP contribution in [0.2, 0.25) is 0 Å². The van der Waals surface area contributed by atoms with E-state index in [1.807, 2.05) is 0 Å². The van der Waals surface area contributed by atoms with Gasteiger partial charge in [-0.3, -0.25) is 9.80 Å². The average Bonchev–Trinajstić information content (AvgIpc) is 2.75. The van der Waals surface area contributed by atoms with E-state index in [9.17, 15) is 0 Å². The van der Waals surface area contributed by atoms with Crippen molar-refractivity contribution in [2.75, 3.05) is 52.5 Å². The summed E-state index contributed by atoms with van der Waals surface area (Å²) in [5, 5.41) is 0. The predicted molar refractivity (Wildman–Crippen MR) is 75.4 cm³/mol. The zero-order valence-electron chi connectivity index (χ0n) is 10.3. The maximum absolute atomic E-state index is 5.76. The van der Waals surface area contributed by atoms with Gasteiger partial charge in [0, 0.05) is 38.8 Å². The third-order valence-electron chi connectivity index (χ3n) is 3.58. The normalized spacial score (nSPS) is 26.3. The minimum absolute atomic E-state index is 0. The first-order chi connectivity index (χ1) is 7.40. The Morgan fingerprint density at radius 3 is 2.41 bits per heavy atom. The van der Waals surface area contributed by atoms with Gasteiger partial charge in [-0.25, -0.2) is 0 Å². The van der Waals surface area contributed by atoms with Crippen LogP contribution in [0.5, 0.6) is 0 Å². The van der Waals surface area contributed by atoms with Crippen LogP contribution in [0, 0.1) is 0 Å². The molecule has 2 N–H and O–H groups in total. The van der Waals surface area contributed by atoms with Gasteiger partial charge in [0.05, 0.1) is 13.2 Å². The Bertz CT molecular complexity index is 192. The van der Waals surface area contributed by atoms with E-state index in [2.05, 4.69) is 9.80 Å². The summed E-state index contributed by atoms with van der Waals surface area (Å²) in [5.74, 6) is 0. The second-order valence-electron chi connectivity index (χ2n) is 4.52. The first-order valence-electron chi connectivity index (χ1n) is 6.14. The highest BCUT2D eigenvalue weighted by molar-refractivity contribution is 5.85. The zero-order valence-corrected chi connectivity index (χ0v) is 12.0. The summed E-state index contributed by atoms with van der Waals surface area (Å²) < 4.78 is 5.34. The van der Waals surface area contributed by atoms with E-state index in [0.717, 1.165) is 32.8 Å². The van der Waals surface area contributed by atoms with E-state index in [1.54, 1.807) is 0 Å². The van der Waals surface area contributed by atoms with Crippen LogP contribution in [0.15, 0.2) is 0 Å². The van der Waals surface area contributed by atoms with E-state index in [1.165, 1.54) is 32.5 Å². The summed E-state index contributed by atoms with van der Waals surface area (Å²) >= 11 is 0. The Morgan fingerprint density at radius 1 is 1.06 bits per heavy atom. The fraction of sp³-hybridized carbons (Fsp3) is 1.00. The molecule has 0 amide bonds. The molecule has 0 aromatic rings. The number of nitrogens with two attached hydrogens (primary N) is 1. The molecule has 2 fully saturated rings. The van der Waals surface area contributed by atoms with Crippen molar-refractivity contribution >= 4 is 24.8 Å². The lowest BCUT2D eigenvalue weighted by molar-refractivity contribution is 0.0329. The molecule has 0 saturated carbocycles. The summed E-state index contributed by atoms with van der Waals surface area (Å²) in [5.41, 5.74) is 5.76. The molecule has 0 radical (unpaired) electrons. The SMILES string of the molecule is Cl.Cl.NCC1CCCN1CCN1CCOCC1. The number of hydrogen-bond acceptors (Lipinski definition) is 4. The van der Waals surface area contributed by atoms with Gasteiger partial charge in [-0.05, 0) is 19.4 Å². The molecule has 2 heterocycles. The lowest BCUT2D eigenvalue weighted by Gasteiger charge is -2.30. The molecule has 0 aromatic heterocycles. The summed E-state index contributed by atoms with van der Waals surface area (Å²) in [4.78, 5) is 5.05. The molecule has 0 aliphatic carbocycles. The molecule has 2 rings (SSSR count). The lowest BCUT2D eigenvalue weighted by atomic mass is 10.2. The van der Waals surface area contributed by atoms with Crippen molar-refractivity contribution in [3.63, 3.8) is 0 Å². The van der Waals surface area contributed by atoms with Crippen molar-refractivity contribution in [1.29, 1.82) is 0 Å². The molecule has 17 heavy (non-hydrogen) atoms. The second-order valence-corrected chi connectivity index (χ2v) is 4.52. The molecular weight excluding hydrogens is 261 g/mol. The fourth-order valence-corrected chi connectivity index (χ4v) is 2.55. The van der Waals surface area contributed by atoms with Gasteiger partial charge >= 0.3 is 0 Å². The number of ether oxygens (including phenoxy) is 1. The van der Waals surface area contributed by atoms with Crippen molar-refractivity contribution in [1.82, 2.24) is 9.80 Å². The van der Waals surface area contributed by atoms with Crippen molar-refractivity contribution in [2.24, 2.45) is 5.73 Å². The third-order valence-corrected chi connectivity index (χ3v) is 3.58. The van der Waals surface area contributed by atoms with Crippen LogP contribution in [0.4, 0.5) is 0 Å². The lowest BCUT2D eigenvalue weighted by Crippen LogP contribution is -2.44. The molecule has 4 nitrogen and oxygen atoms in total. The van der Waals surface area contributed by atoms with Crippen LogP contribution in [-0.2, 0) is 4.74 Å². The van der Waals surface area contributed by atoms with Gasteiger partial charge in [0.25, 0.3) is 0 Å². The van der Waals surface area contributed by atoms with Gasteiger partial charge < -0.3 is 10.5 Å². The van der Waals surface area contributed by atoms with E-state index in [4.69, 9.17) is 10.5 Å². The molecule has 0 bridgehead atoms. The predicted octanol–water partition coefficient (Wildman–Crippen LogP) is 0.585. The smallest absolute Gasteiger partial charge is 0.0594 e. The molecule has 1 atom stereocenters. The summed E-state index contributed by atoms with van der Waals surface area (Å²) in [7, 11) is 0. The van der Waals surface area contributed by atoms with E-state index >= 15 is 0 Å². The molecule has 0 spiro atoms. The molecular formula is C11H25Cl2N3O. The Labute approximate surface area is 117 Å². The highest BCUT2D eigenvalue weighted by Gasteiger charge is 2.23. The van der Waals surface area contributed by atoms with Crippen LogP contribution < -0.4 is 5.73 Å². The van der Waals surface area contributed by atoms with E-state index in [-0.39, 0.29) is 24.8 Å². The number of morpholine rings is 1. The van der Waals surface area contributed by atoms with Crippen molar-refractivity contribution in [3.8, 4) is 0 Å². The minimum atomic E-state index is 0. The fourth-order valence-electron chi connectivity index (χ4n) is 2.55. The largest absolute Gasteiger partial charge is 0.379 e. The van der Waals surface area contributed by atoms with E-state index < -0.39 is 0 Å². The van der Waals surface area contributed by atoms with Gasteiger partial charge in [0.1, 0.15) is 0 Å². The molecule has 2 aliphatic heterocycles.